The van der Waals surface area contributed by atoms with Crippen molar-refractivity contribution >= 4 is 27.9 Å². The van der Waals surface area contributed by atoms with Crippen LogP contribution in [0.4, 0.5) is 4.79 Å². The lowest BCUT2D eigenvalue weighted by Gasteiger charge is -2.40. The third kappa shape index (κ3) is 5.81. The minimum atomic E-state index is -3.51. The number of esters is 1. The molecule has 0 bridgehead atoms. The van der Waals surface area contributed by atoms with Gasteiger partial charge < -0.3 is 20.3 Å². The van der Waals surface area contributed by atoms with Crippen LogP contribution in [0.2, 0.25) is 0 Å². The molecule has 2 rings (SSSR count). The third-order valence-electron chi connectivity index (χ3n) is 5.22. The van der Waals surface area contributed by atoms with E-state index in [1.807, 2.05) is 0 Å². The van der Waals surface area contributed by atoms with Crippen LogP contribution in [0.25, 0.3) is 0 Å². The van der Waals surface area contributed by atoms with Gasteiger partial charge in [0.2, 0.25) is 15.9 Å². The second kappa shape index (κ2) is 9.55. The lowest BCUT2D eigenvalue weighted by molar-refractivity contribution is -0.145. The monoisotopic (exact) mass is 418 g/mol. The van der Waals surface area contributed by atoms with Crippen molar-refractivity contribution in [1.82, 2.24) is 19.8 Å². The van der Waals surface area contributed by atoms with Gasteiger partial charge in [-0.05, 0) is 19.8 Å². The topological polar surface area (TPSA) is 125 Å². The van der Waals surface area contributed by atoms with Crippen molar-refractivity contribution in [2.45, 2.75) is 57.2 Å². The number of hydrogen-bond acceptors (Lipinski definition) is 6. The molecular weight excluding hydrogens is 388 g/mol. The maximum absolute atomic E-state index is 12.8. The number of amides is 3. The summed E-state index contributed by atoms with van der Waals surface area (Å²) >= 11 is 0. The van der Waals surface area contributed by atoms with Crippen molar-refractivity contribution in [3.05, 3.63) is 0 Å². The Morgan fingerprint density at radius 2 is 1.75 bits per heavy atom. The highest BCUT2D eigenvalue weighted by molar-refractivity contribution is 7.88. The van der Waals surface area contributed by atoms with Gasteiger partial charge in [-0.3, -0.25) is 4.79 Å². The molecule has 2 fully saturated rings. The number of ether oxygens (including phenoxy) is 1. The Balaban J connectivity index is 2.12. The number of rotatable bonds is 5. The molecule has 0 aromatic carbocycles. The third-order valence-corrected chi connectivity index (χ3v) is 6.49. The molecule has 2 N–H and O–H groups in total. The van der Waals surface area contributed by atoms with Crippen LogP contribution in [0.1, 0.15) is 39.0 Å². The van der Waals surface area contributed by atoms with Crippen molar-refractivity contribution in [3.8, 4) is 0 Å². The minimum Gasteiger partial charge on any atom is -0.467 e. The van der Waals surface area contributed by atoms with E-state index in [0.29, 0.717) is 0 Å². The maximum atomic E-state index is 12.8. The van der Waals surface area contributed by atoms with Crippen molar-refractivity contribution in [2.75, 3.05) is 33.0 Å². The quantitative estimate of drug-likeness (QED) is 0.588. The van der Waals surface area contributed by atoms with Gasteiger partial charge in [0, 0.05) is 25.7 Å². The van der Waals surface area contributed by atoms with Gasteiger partial charge in [-0.1, -0.05) is 19.3 Å². The van der Waals surface area contributed by atoms with Crippen LogP contribution in [0.3, 0.4) is 0 Å². The molecule has 1 saturated carbocycles. The number of nitrogens with zero attached hydrogens (tertiary/aromatic N) is 2. The molecule has 28 heavy (non-hydrogen) atoms. The van der Waals surface area contributed by atoms with Gasteiger partial charge in [0.25, 0.3) is 0 Å². The fourth-order valence-corrected chi connectivity index (χ4v) is 4.40. The van der Waals surface area contributed by atoms with E-state index in [1.165, 1.54) is 23.2 Å². The number of carbonyl (C=O) groups is 3. The van der Waals surface area contributed by atoms with Crippen molar-refractivity contribution in [3.63, 3.8) is 0 Å². The molecule has 0 radical (unpaired) electrons. The van der Waals surface area contributed by atoms with Gasteiger partial charge in [0.1, 0.15) is 12.1 Å². The highest BCUT2D eigenvalue weighted by Crippen LogP contribution is 2.19. The summed E-state index contributed by atoms with van der Waals surface area (Å²) in [6.45, 7) is 1.52. The molecule has 0 spiro atoms. The van der Waals surface area contributed by atoms with Gasteiger partial charge in [0.05, 0.1) is 13.4 Å². The van der Waals surface area contributed by atoms with E-state index in [9.17, 15) is 22.8 Å². The van der Waals surface area contributed by atoms with E-state index in [1.54, 1.807) is 0 Å². The van der Waals surface area contributed by atoms with Crippen LogP contribution in [-0.4, -0.2) is 86.7 Å². The standard InChI is InChI=1S/C17H30N4O6S/c1-12(16(23)27-2)18-15(22)14-11-20(28(3,25)26)9-10-21(14)17(24)19-13-7-5-4-6-8-13/h12-14H,4-11H2,1-3H3,(H,18,22)(H,19,24)/t12-,14+/m1/s1. The molecule has 2 aliphatic rings. The molecule has 3 amide bonds. The van der Waals surface area contributed by atoms with Crippen LogP contribution >= 0.6 is 0 Å². The zero-order valence-corrected chi connectivity index (χ0v) is 17.5. The predicted molar refractivity (Wildman–Crippen MR) is 102 cm³/mol. The first kappa shape index (κ1) is 22.4. The summed E-state index contributed by atoms with van der Waals surface area (Å²) in [5.74, 6) is -1.22. The summed E-state index contributed by atoms with van der Waals surface area (Å²) in [7, 11) is -2.31. The molecule has 11 heteroatoms. The highest BCUT2D eigenvalue weighted by Gasteiger charge is 2.39. The first-order valence-corrected chi connectivity index (χ1v) is 11.4. The minimum absolute atomic E-state index is 0.0619. The van der Waals surface area contributed by atoms with Gasteiger partial charge in [0.15, 0.2) is 0 Å². The van der Waals surface area contributed by atoms with Crippen molar-refractivity contribution < 1.29 is 27.5 Å². The number of methoxy groups -OCH3 is 1. The molecule has 1 heterocycles. The molecule has 1 saturated heterocycles. The molecule has 0 unspecified atom stereocenters. The van der Waals surface area contributed by atoms with E-state index in [4.69, 9.17) is 0 Å². The van der Waals surface area contributed by atoms with Gasteiger partial charge in [-0.25, -0.2) is 18.0 Å². The summed E-state index contributed by atoms with van der Waals surface area (Å²) in [6.07, 6.45) is 6.10. The molecule has 1 aliphatic carbocycles. The molecule has 2 atom stereocenters. The number of urea groups is 1. The second-order valence-electron chi connectivity index (χ2n) is 7.37. The second-order valence-corrected chi connectivity index (χ2v) is 9.35. The van der Waals surface area contributed by atoms with Gasteiger partial charge >= 0.3 is 12.0 Å². The van der Waals surface area contributed by atoms with Gasteiger partial charge in [-0.2, -0.15) is 4.31 Å². The van der Waals surface area contributed by atoms with E-state index >= 15 is 0 Å². The Morgan fingerprint density at radius 1 is 1.11 bits per heavy atom. The first-order valence-electron chi connectivity index (χ1n) is 9.54. The Labute approximate surface area is 166 Å². The summed E-state index contributed by atoms with van der Waals surface area (Å²) in [5, 5.41) is 5.47. The molecule has 10 nitrogen and oxygen atoms in total. The fraction of sp³-hybridized carbons (Fsp3) is 0.824. The molecule has 160 valence electrons. The van der Waals surface area contributed by atoms with E-state index in [-0.39, 0.29) is 31.7 Å². The molecular formula is C17H30N4O6S. The number of hydrogen-bond donors (Lipinski definition) is 2. The number of piperazine rings is 1. The Bertz CT molecular complexity index is 692. The molecule has 0 aromatic rings. The Morgan fingerprint density at radius 3 is 2.32 bits per heavy atom. The highest BCUT2D eigenvalue weighted by atomic mass is 32.2. The number of carbonyl (C=O) groups excluding carboxylic acids is 3. The Kier molecular flexibility index (Phi) is 7.64. The number of nitrogens with one attached hydrogen (secondary N) is 2. The smallest absolute Gasteiger partial charge is 0.328 e. The van der Waals surface area contributed by atoms with Crippen molar-refractivity contribution in [1.29, 1.82) is 0 Å². The van der Waals surface area contributed by atoms with E-state index in [2.05, 4.69) is 15.4 Å². The van der Waals surface area contributed by atoms with E-state index < -0.39 is 34.0 Å². The number of sulfonamides is 1. The van der Waals surface area contributed by atoms with E-state index in [0.717, 1.165) is 38.4 Å². The average Bonchev–Trinajstić information content (AvgIpc) is 2.66. The average molecular weight is 419 g/mol. The van der Waals surface area contributed by atoms with Crippen LogP contribution in [0, 0.1) is 0 Å². The summed E-state index contributed by atoms with van der Waals surface area (Å²) in [5.41, 5.74) is 0. The zero-order valence-electron chi connectivity index (χ0n) is 16.6. The summed E-state index contributed by atoms with van der Waals surface area (Å²) < 4.78 is 29.6. The van der Waals surface area contributed by atoms with Crippen LogP contribution in [0.15, 0.2) is 0 Å². The largest absolute Gasteiger partial charge is 0.467 e. The molecule has 1 aliphatic heterocycles. The first-order chi connectivity index (χ1) is 13.1. The zero-order chi connectivity index (χ0) is 20.9. The van der Waals surface area contributed by atoms with Crippen LogP contribution in [0.5, 0.6) is 0 Å². The summed E-state index contributed by atoms with van der Waals surface area (Å²) in [4.78, 5) is 38.5. The predicted octanol–water partition coefficient (Wildman–Crippen LogP) is -0.348. The maximum Gasteiger partial charge on any atom is 0.328 e. The normalized spacial score (nSPS) is 23.0. The molecule has 0 aromatic heterocycles. The van der Waals surface area contributed by atoms with Crippen LogP contribution in [-0.2, 0) is 24.3 Å². The summed E-state index contributed by atoms with van der Waals surface area (Å²) in [6, 6.07) is -2.26. The van der Waals surface area contributed by atoms with Crippen molar-refractivity contribution in [2.24, 2.45) is 0 Å². The lowest BCUT2D eigenvalue weighted by Crippen LogP contribution is -2.64. The lowest BCUT2D eigenvalue weighted by atomic mass is 9.96. The Hall–Kier alpha value is -1.88. The van der Waals surface area contributed by atoms with Gasteiger partial charge in [-0.15, -0.1) is 0 Å². The fourth-order valence-electron chi connectivity index (χ4n) is 3.58. The SMILES string of the molecule is COC(=O)[C@@H](C)NC(=O)[C@@H]1CN(S(C)(=O)=O)CCN1C(=O)NC1CCCCC1. The van der Waals surface area contributed by atoms with Crippen LogP contribution < -0.4 is 10.6 Å².